The van der Waals surface area contributed by atoms with Crippen LogP contribution in [0.2, 0.25) is 0 Å². The molecule has 0 saturated heterocycles. The Labute approximate surface area is 191 Å². The summed E-state index contributed by atoms with van der Waals surface area (Å²) in [4.78, 5) is 26.0. The highest BCUT2D eigenvalue weighted by molar-refractivity contribution is 5.95. The van der Waals surface area contributed by atoms with Gasteiger partial charge in [0.25, 0.3) is 5.91 Å². The molecule has 0 radical (unpaired) electrons. The fourth-order valence-corrected chi connectivity index (χ4v) is 4.11. The molecular weight excluding hydrogens is 416 g/mol. The molecule has 0 atom stereocenters. The molecule has 0 fully saturated rings. The number of amides is 1. The van der Waals surface area contributed by atoms with Crippen LogP contribution in [0.4, 0.5) is 5.69 Å². The van der Waals surface area contributed by atoms with Crippen LogP contribution in [-0.2, 0) is 13.1 Å². The Morgan fingerprint density at radius 2 is 1.73 bits per heavy atom. The predicted octanol–water partition coefficient (Wildman–Crippen LogP) is 4.82. The highest BCUT2D eigenvalue weighted by atomic mass is 16.5. The van der Waals surface area contributed by atoms with E-state index in [9.17, 15) is 9.59 Å². The van der Waals surface area contributed by atoms with Crippen molar-refractivity contribution < 1.29 is 19.4 Å². The first-order valence-corrected chi connectivity index (χ1v) is 10.7. The minimum atomic E-state index is -0.992. The summed E-state index contributed by atoms with van der Waals surface area (Å²) in [5, 5.41) is 14.3. The normalized spacial score (nSPS) is 12.7. The third-order valence-corrected chi connectivity index (χ3v) is 5.82. The topological polar surface area (TPSA) is 78.9 Å². The smallest absolute Gasteiger partial charge is 0.335 e. The van der Waals surface area contributed by atoms with Gasteiger partial charge in [0, 0.05) is 23.4 Å². The number of nitrogens with zero attached hydrogens (tertiary/aromatic N) is 1. The summed E-state index contributed by atoms with van der Waals surface area (Å²) in [7, 11) is 0. The second-order valence-corrected chi connectivity index (χ2v) is 7.97. The van der Waals surface area contributed by atoms with Gasteiger partial charge < -0.3 is 20.1 Å². The number of carbonyl (C=O) groups is 2. The van der Waals surface area contributed by atoms with Gasteiger partial charge in [0.2, 0.25) is 0 Å². The third-order valence-electron chi connectivity index (χ3n) is 5.82. The molecule has 1 aliphatic heterocycles. The lowest BCUT2D eigenvalue weighted by molar-refractivity contribution is 0.0696. The summed E-state index contributed by atoms with van der Waals surface area (Å²) in [5.41, 5.74) is 3.49. The fourth-order valence-electron chi connectivity index (χ4n) is 4.11. The number of ether oxygens (including phenoxy) is 1. The molecule has 5 rings (SSSR count). The van der Waals surface area contributed by atoms with Gasteiger partial charge in [-0.25, -0.2) is 4.79 Å². The Hall–Kier alpha value is -4.32. The SMILES string of the molecule is O=C(O)c1cccc(CNC(=O)c2cccc(N3COc4ccc5ccccc5c4C3)c2)c1. The number of carboxylic acid groups (broad SMARTS) is 1. The summed E-state index contributed by atoms with van der Waals surface area (Å²) < 4.78 is 6.01. The van der Waals surface area contributed by atoms with Gasteiger partial charge in [-0.05, 0) is 52.7 Å². The number of nitrogens with one attached hydrogen (secondary N) is 1. The quantitative estimate of drug-likeness (QED) is 0.467. The summed E-state index contributed by atoms with van der Waals surface area (Å²) in [6.07, 6.45) is 0. The minimum Gasteiger partial charge on any atom is -0.478 e. The van der Waals surface area contributed by atoms with E-state index in [1.54, 1.807) is 24.3 Å². The summed E-state index contributed by atoms with van der Waals surface area (Å²) in [6, 6.07) is 26.3. The van der Waals surface area contributed by atoms with E-state index in [4.69, 9.17) is 9.84 Å². The van der Waals surface area contributed by atoms with E-state index in [1.165, 1.54) is 11.5 Å². The number of benzene rings is 4. The zero-order chi connectivity index (χ0) is 22.8. The Bertz CT molecular complexity index is 1370. The molecule has 6 nitrogen and oxygen atoms in total. The molecule has 0 unspecified atom stereocenters. The first kappa shape index (κ1) is 20.6. The van der Waals surface area contributed by atoms with E-state index < -0.39 is 5.97 Å². The Morgan fingerprint density at radius 3 is 2.61 bits per heavy atom. The molecule has 0 aliphatic carbocycles. The molecule has 6 heteroatoms. The lowest BCUT2D eigenvalue weighted by Crippen LogP contribution is -2.32. The number of aromatic carboxylic acids is 1. The summed E-state index contributed by atoms with van der Waals surface area (Å²) >= 11 is 0. The van der Waals surface area contributed by atoms with Gasteiger partial charge >= 0.3 is 5.97 Å². The standard InChI is InChI=1S/C27H22N2O4/c30-26(28-15-18-5-3-8-21(13-18)27(31)32)20-7-4-9-22(14-20)29-16-24-23-10-2-1-6-19(23)11-12-25(24)33-17-29/h1-14H,15-17H2,(H,28,30)(H,31,32). The van der Waals surface area contributed by atoms with Gasteiger partial charge in [0.1, 0.15) is 5.75 Å². The van der Waals surface area contributed by atoms with Crippen LogP contribution >= 0.6 is 0 Å². The van der Waals surface area contributed by atoms with E-state index in [2.05, 4.69) is 28.4 Å². The van der Waals surface area contributed by atoms with Gasteiger partial charge in [0.05, 0.1) is 12.1 Å². The van der Waals surface area contributed by atoms with Crippen LogP contribution in [0.15, 0.2) is 84.9 Å². The molecule has 0 saturated carbocycles. The third kappa shape index (κ3) is 4.23. The van der Waals surface area contributed by atoms with Crippen molar-refractivity contribution in [2.75, 3.05) is 11.6 Å². The van der Waals surface area contributed by atoms with Gasteiger partial charge in [-0.1, -0.05) is 48.5 Å². The van der Waals surface area contributed by atoms with Crippen LogP contribution in [0.25, 0.3) is 10.8 Å². The van der Waals surface area contributed by atoms with E-state index in [0.29, 0.717) is 18.8 Å². The Kier molecular flexibility index (Phi) is 5.40. The van der Waals surface area contributed by atoms with Gasteiger partial charge in [-0.3, -0.25) is 4.79 Å². The maximum absolute atomic E-state index is 12.8. The fraction of sp³-hybridized carbons (Fsp3) is 0.111. The molecule has 1 heterocycles. The van der Waals surface area contributed by atoms with Crippen molar-refractivity contribution in [2.45, 2.75) is 13.1 Å². The number of fused-ring (bicyclic) bond motifs is 3. The minimum absolute atomic E-state index is 0.196. The van der Waals surface area contributed by atoms with Gasteiger partial charge in [0.15, 0.2) is 6.73 Å². The largest absolute Gasteiger partial charge is 0.478 e. The lowest BCUT2D eigenvalue weighted by Gasteiger charge is -2.31. The molecule has 164 valence electrons. The van der Waals surface area contributed by atoms with Crippen molar-refractivity contribution in [1.29, 1.82) is 0 Å². The van der Waals surface area contributed by atoms with Crippen LogP contribution in [0.1, 0.15) is 31.8 Å². The van der Waals surface area contributed by atoms with E-state index in [-0.39, 0.29) is 18.0 Å². The molecule has 33 heavy (non-hydrogen) atoms. The van der Waals surface area contributed by atoms with Crippen molar-refractivity contribution >= 4 is 28.3 Å². The van der Waals surface area contributed by atoms with E-state index in [1.807, 2.05) is 36.4 Å². The van der Waals surface area contributed by atoms with E-state index in [0.717, 1.165) is 28.0 Å². The van der Waals surface area contributed by atoms with Crippen LogP contribution in [0, 0.1) is 0 Å². The Balaban J connectivity index is 1.32. The first-order valence-electron chi connectivity index (χ1n) is 10.7. The average molecular weight is 438 g/mol. The maximum Gasteiger partial charge on any atom is 0.335 e. The van der Waals surface area contributed by atoms with Crippen molar-refractivity contribution in [1.82, 2.24) is 5.32 Å². The predicted molar refractivity (Wildman–Crippen MR) is 127 cm³/mol. The zero-order valence-corrected chi connectivity index (χ0v) is 17.8. The highest BCUT2D eigenvalue weighted by Gasteiger charge is 2.20. The van der Waals surface area contributed by atoms with Crippen LogP contribution < -0.4 is 15.0 Å². The average Bonchev–Trinajstić information content (AvgIpc) is 2.87. The monoisotopic (exact) mass is 438 g/mol. The van der Waals surface area contributed by atoms with Gasteiger partial charge in [-0.15, -0.1) is 0 Å². The molecule has 1 aliphatic rings. The molecular formula is C27H22N2O4. The molecule has 0 bridgehead atoms. The van der Waals surface area contributed by atoms with Crippen LogP contribution in [-0.4, -0.2) is 23.7 Å². The van der Waals surface area contributed by atoms with Crippen LogP contribution in [0.5, 0.6) is 5.75 Å². The van der Waals surface area contributed by atoms with Crippen molar-refractivity contribution in [3.05, 3.63) is 107 Å². The second-order valence-electron chi connectivity index (χ2n) is 7.97. The van der Waals surface area contributed by atoms with Crippen molar-refractivity contribution in [3.63, 3.8) is 0 Å². The lowest BCUT2D eigenvalue weighted by atomic mass is 10.0. The first-order chi connectivity index (χ1) is 16.1. The molecule has 0 aromatic heterocycles. The zero-order valence-electron chi connectivity index (χ0n) is 17.8. The number of carbonyl (C=O) groups excluding carboxylic acids is 1. The van der Waals surface area contributed by atoms with Crippen molar-refractivity contribution in [2.24, 2.45) is 0 Å². The molecule has 0 spiro atoms. The number of hydrogen-bond acceptors (Lipinski definition) is 4. The molecule has 4 aromatic carbocycles. The number of hydrogen-bond donors (Lipinski definition) is 2. The summed E-state index contributed by atoms with van der Waals surface area (Å²) in [6.45, 7) is 1.33. The number of rotatable bonds is 5. The summed E-state index contributed by atoms with van der Waals surface area (Å²) in [5.74, 6) is -0.322. The number of anilines is 1. The van der Waals surface area contributed by atoms with E-state index >= 15 is 0 Å². The molecule has 4 aromatic rings. The molecule has 2 N–H and O–H groups in total. The van der Waals surface area contributed by atoms with Crippen molar-refractivity contribution in [3.8, 4) is 5.75 Å². The Morgan fingerprint density at radius 1 is 0.909 bits per heavy atom. The molecule has 1 amide bonds. The highest BCUT2D eigenvalue weighted by Crippen LogP contribution is 2.34. The second kappa shape index (κ2) is 8.67. The van der Waals surface area contributed by atoms with Gasteiger partial charge in [-0.2, -0.15) is 0 Å². The van der Waals surface area contributed by atoms with Crippen LogP contribution in [0.3, 0.4) is 0 Å². The maximum atomic E-state index is 12.8. The number of carboxylic acids is 1.